The van der Waals surface area contributed by atoms with Crippen LogP contribution in [0.4, 0.5) is 5.69 Å². The van der Waals surface area contributed by atoms with Crippen LogP contribution in [0.5, 0.6) is 5.75 Å². The van der Waals surface area contributed by atoms with Gasteiger partial charge < -0.3 is 15.0 Å². The number of amides is 2. The van der Waals surface area contributed by atoms with Crippen LogP contribution in [0.25, 0.3) is 0 Å². The molecule has 23 heavy (non-hydrogen) atoms. The number of aryl methyl sites for hydroxylation is 1. The van der Waals surface area contributed by atoms with Crippen molar-refractivity contribution >= 4 is 17.5 Å². The van der Waals surface area contributed by atoms with Gasteiger partial charge >= 0.3 is 0 Å². The molecular weight excluding hydrogens is 296 g/mol. The molecule has 0 unspecified atom stereocenters. The molecule has 0 aliphatic rings. The Hall–Kier alpha value is -2.96. The molecule has 1 aromatic heterocycles. The third-order valence-electron chi connectivity index (χ3n) is 2.99. The molecule has 2 aromatic rings. The zero-order chi connectivity index (χ0) is 16.8. The summed E-state index contributed by atoms with van der Waals surface area (Å²) >= 11 is 0. The van der Waals surface area contributed by atoms with Crippen molar-refractivity contribution in [2.24, 2.45) is 0 Å². The number of rotatable bonds is 5. The first kappa shape index (κ1) is 16.4. The van der Waals surface area contributed by atoms with Crippen molar-refractivity contribution < 1.29 is 14.3 Å². The van der Waals surface area contributed by atoms with E-state index in [1.54, 1.807) is 45.3 Å². The van der Waals surface area contributed by atoms with Crippen LogP contribution in [0.3, 0.4) is 0 Å². The van der Waals surface area contributed by atoms with Crippen LogP contribution in [-0.2, 0) is 4.79 Å². The van der Waals surface area contributed by atoms with Crippen LogP contribution in [-0.4, -0.2) is 47.4 Å². The number of anilines is 1. The Kier molecular flexibility index (Phi) is 5.24. The Morgan fingerprint density at radius 2 is 1.83 bits per heavy atom. The van der Waals surface area contributed by atoms with E-state index >= 15 is 0 Å². The number of benzene rings is 1. The van der Waals surface area contributed by atoms with Gasteiger partial charge in [-0.05, 0) is 31.2 Å². The molecule has 0 fully saturated rings. The van der Waals surface area contributed by atoms with Crippen molar-refractivity contribution in [3.05, 3.63) is 48.0 Å². The fraction of sp³-hybridized carbons (Fsp3) is 0.250. The van der Waals surface area contributed by atoms with Crippen LogP contribution >= 0.6 is 0 Å². The predicted molar refractivity (Wildman–Crippen MR) is 85.4 cm³/mol. The maximum atomic E-state index is 12.0. The molecule has 2 amide bonds. The minimum absolute atomic E-state index is 0.0301. The first-order valence-corrected chi connectivity index (χ1v) is 6.98. The lowest BCUT2D eigenvalue weighted by molar-refractivity contribution is -0.130. The highest BCUT2D eigenvalue weighted by Crippen LogP contribution is 2.16. The number of likely N-dealkylation sites (N-methyl/N-ethyl adjacent to an activating group) is 1. The molecule has 0 spiro atoms. The van der Waals surface area contributed by atoms with E-state index in [0.29, 0.717) is 11.4 Å². The van der Waals surface area contributed by atoms with E-state index in [1.165, 1.54) is 17.3 Å². The second kappa shape index (κ2) is 7.35. The molecule has 0 aliphatic carbocycles. The number of aromatic nitrogens is 2. The molecule has 120 valence electrons. The lowest BCUT2D eigenvalue weighted by atomic mass is 10.3. The second-order valence-corrected chi connectivity index (χ2v) is 5.10. The molecular formula is C16H18N4O3. The maximum Gasteiger partial charge on any atom is 0.275 e. The summed E-state index contributed by atoms with van der Waals surface area (Å²) in [6, 6.07) is 6.74. The molecule has 0 saturated carbocycles. The van der Waals surface area contributed by atoms with Gasteiger partial charge in [-0.15, -0.1) is 0 Å². The Labute approximate surface area is 134 Å². The van der Waals surface area contributed by atoms with E-state index in [0.717, 1.165) is 5.69 Å². The minimum Gasteiger partial charge on any atom is -0.484 e. The highest BCUT2D eigenvalue weighted by molar-refractivity contribution is 6.02. The van der Waals surface area contributed by atoms with Crippen LogP contribution in [0, 0.1) is 6.92 Å². The quantitative estimate of drug-likeness (QED) is 0.904. The lowest BCUT2D eigenvalue weighted by Crippen LogP contribution is -2.27. The SMILES string of the molecule is Cc1cnc(C(=O)Nc2ccc(OCC(=O)N(C)C)cc2)cn1. The van der Waals surface area contributed by atoms with E-state index in [4.69, 9.17) is 4.74 Å². The third kappa shape index (κ3) is 4.77. The molecule has 0 saturated heterocycles. The fourth-order valence-electron chi connectivity index (χ4n) is 1.61. The van der Waals surface area contributed by atoms with Crippen molar-refractivity contribution in [2.75, 3.05) is 26.0 Å². The largest absolute Gasteiger partial charge is 0.484 e. The smallest absolute Gasteiger partial charge is 0.275 e. The molecule has 7 nitrogen and oxygen atoms in total. The van der Waals surface area contributed by atoms with Crippen molar-refractivity contribution in [1.29, 1.82) is 0 Å². The molecule has 0 radical (unpaired) electrons. The average Bonchev–Trinajstić information content (AvgIpc) is 2.54. The predicted octanol–water partition coefficient (Wildman–Crippen LogP) is 1.50. The standard InChI is InChI=1S/C16H18N4O3/c1-11-8-18-14(9-17-11)16(22)19-12-4-6-13(7-5-12)23-10-15(21)20(2)3/h4-9H,10H2,1-3H3,(H,19,22). The Balaban J connectivity index is 1.93. The van der Waals surface area contributed by atoms with Crippen molar-refractivity contribution in [2.45, 2.75) is 6.92 Å². The molecule has 0 aliphatic heterocycles. The summed E-state index contributed by atoms with van der Waals surface area (Å²) in [5.41, 5.74) is 1.59. The lowest BCUT2D eigenvalue weighted by Gasteiger charge is -2.11. The van der Waals surface area contributed by atoms with Crippen LogP contribution in [0.2, 0.25) is 0 Å². The highest BCUT2D eigenvalue weighted by Gasteiger charge is 2.08. The number of ether oxygens (including phenoxy) is 1. The van der Waals surface area contributed by atoms with Gasteiger partial charge in [0.05, 0.1) is 11.9 Å². The van der Waals surface area contributed by atoms with E-state index in [2.05, 4.69) is 15.3 Å². The van der Waals surface area contributed by atoms with Gasteiger partial charge in [-0.25, -0.2) is 4.98 Å². The zero-order valence-electron chi connectivity index (χ0n) is 13.2. The zero-order valence-corrected chi connectivity index (χ0v) is 13.2. The summed E-state index contributed by atoms with van der Waals surface area (Å²) in [6.45, 7) is 1.77. The number of nitrogens with one attached hydrogen (secondary N) is 1. The number of hydrogen-bond donors (Lipinski definition) is 1. The van der Waals surface area contributed by atoms with Crippen LogP contribution < -0.4 is 10.1 Å². The number of hydrogen-bond acceptors (Lipinski definition) is 5. The van der Waals surface area contributed by atoms with E-state index < -0.39 is 0 Å². The fourth-order valence-corrected chi connectivity index (χ4v) is 1.61. The minimum atomic E-state index is -0.339. The molecule has 1 heterocycles. The topological polar surface area (TPSA) is 84.4 Å². The summed E-state index contributed by atoms with van der Waals surface area (Å²) in [5.74, 6) is 0.0857. The summed E-state index contributed by atoms with van der Waals surface area (Å²) in [4.78, 5) is 32.9. The van der Waals surface area contributed by atoms with Gasteiger partial charge in [0.1, 0.15) is 11.4 Å². The number of carbonyl (C=O) groups is 2. The Morgan fingerprint density at radius 3 is 2.39 bits per heavy atom. The van der Waals surface area contributed by atoms with Gasteiger partial charge in [-0.3, -0.25) is 14.6 Å². The van der Waals surface area contributed by atoms with E-state index in [1.807, 2.05) is 0 Å². The van der Waals surface area contributed by atoms with Crippen molar-refractivity contribution in [1.82, 2.24) is 14.9 Å². The van der Waals surface area contributed by atoms with Gasteiger partial charge in [-0.1, -0.05) is 0 Å². The number of carbonyl (C=O) groups excluding carboxylic acids is 2. The normalized spacial score (nSPS) is 10.0. The molecule has 7 heteroatoms. The van der Waals surface area contributed by atoms with E-state index in [-0.39, 0.29) is 24.1 Å². The second-order valence-electron chi connectivity index (χ2n) is 5.10. The molecule has 0 atom stereocenters. The first-order valence-electron chi connectivity index (χ1n) is 6.98. The van der Waals surface area contributed by atoms with Gasteiger partial charge in [0.2, 0.25) is 0 Å². The van der Waals surface area contributed by atoms with Crippen molar-refractivity contribution in [3.63, 3.8) is 0 Å². The van der Waals surface area contributed by atoms with Crippen LogP contribution in [0.15, 0.2) is 36.7 Å². The average molecular weight is 314 g/mol. The third-order valence-corrected chi connectivity index (χ3v) is 2.99. The van der Waals surface area contributed by atoms with Gasteiger partial charge in [-0.2, -0.15) is 0 Å². The summed E-state index contributed by atoms with van der Waals surface area (Å²) in [7, 11) is 3.33. The van der Waals surface area contributed by atoms with E-state index in [9.17, 15) is 9.59 Å². The Morgan fingerprint density at radius 1 is 1.13 bits per heavy atom. The molecule has 1 N–H and O–H groups in total. The summed E-state index contributed by atoms with van der Waals surface area (Å²) in [6.07, 6.45) is 2.96. The van der Waals surface area contributed by atoms with Gasteiger partial charge in [0.25, 0.3) is 11.8 Å². The maximum absolute atomic E-state index is 12.0. The monoisotopic (exact) mass is 314 g/mol. The highest BCUT2D eigenvalue weighted by atomic mass is 16.5. The summed E-state index contributed by atoms with van der Waals surface area (Å²) < 4.78 is 5.36. The molecule has 0 bridgehead atoms. The van der Waals surface area contributed by atoms with Gasteiger partial charge in [0.15, 0.2) is 6.61 Å². The van der Waals surface area contributed by atoms with Gasteiger partial charge in [0, 0.05) is 26.0 Å². The molecule has 2 rings (SSSR count). The van der Waals surface area contributed by atoms with Crippen molar-refractivity contribution in [3.8, 4) is 5.75 Å². The molecule has 1 aromatic carbocycles. The number of nitrogens with zero attached hydrogens (tertiary/aromatic N) is 3. The first-order chi connectivity index (χ1) is 11.0. The Bertz CT molecular complexity index is 681. The summed E-state index contributed by atoms with van der Waals surface area (Å²) in [5, 5.41) is 2.72. The van der Waals surface area contributed by atoms with Crippen LogP contribution in [0.1, 0.15) is 16.2 Å².